The van der Waals surface area contributed by atoms with Gasteiger partial charge in [0.25, 0.3) is 0 Å². The number of aryl methyl sites for hydroxylation is 1. The Kier molecular flexibility index (Phi) is 3.66. The van der Waals surface area contributed by atoms with Crippen LogP contribution in [0.2, 0.25) is 0 Å². The molecule has 1 heterocycles. The number of rotatable bonds is 3. The average molecular weight is 336 g/mol. The van der Waals surface area contributed by atoms with E-state index in [4.69, 9.17) is 4.74 Å². The summed E-state index contributed by atoms with van der Waals surface area (Å²) in [6.45, 7) is 2.74. The SMILES string of the molecule is Cc1ccc2c(c1)CC(CNc1ccc(Br)c(F)c1)O2. The highest BCUT2D eigenvalue weighted by atomic mass is 79.9. The van der Waals surface area contributed by atoms with E-state index in [1.807, 2.05) is 12.1 Å². The molecule has 0 aromatic heterocycles. The molecule has 0 saturated heterocycles. The molecule has 1 N–H and O–H groups in total. The summed E-state index contributed by atoms with van der Waals surface area (Å²) in [5.74, 6) is 0.700. The topological polar surface area (TPSA) is 21.3 Å². The molecule has 1 unspecified atom stereocenters. The number of fused-ring (bicyclic) bond motifs is 1. The van der Waals surface area contributed by atoms with Crippen LogP contribution in [0.25, 0.3) is 0 Å². The van der Waals surface area contributed by atoms with Crippen LogP contribution in [-0.2, 0) is 6.42 Å². The van der Waals surface area contributed by atoms with E-state index in [0.717, 1.165) is 17.9 Å². The Hall–Kier alpha value is -1.55. The standard InChI is InChI=1S/C16H15BrFNO/c1-10-2-5-16-11(6-10)7-13(20-16)9-19-12-3-4-14(17)15(18)8-12/h2-6,8,13,19H,7,9H2,1H3. The van der Waals surface area contributed by atoms with Gasteiger partial charge in [0.1, 0.15) is 17.7 Å². The summed E-state index contributed by atoms with van der Waals surface area (Å²) in [5.41, 5.74) is 3.26. The molecule has 0 radical (unpaired) electrons. The lowest BCUT2D eigenvalue weighted by Gasteiger charge is -2.13. The fourth-order valence-corrected chi connectivity index (χ4v) is 2.65. The lowest BCUT2D eigenvalue weighted by molar-refractivity contribution is 0.246. The van der Waals surface area contributed by atoms with Crippen molar-refractivity contribution in [3.8, 4) is 5.75 Å². The molecule has 2 aromatic rings. The van der Waals surface area contributed by atoms with Crippen molar-refractivity contribution in [2.45, 2.75) is 19.4 Å². The van der Waals surface area contributed by atoms with Gasteiger partial charge in [0, 0.05) is 12.1 Å². The van der Waals surface area contributed by atoms with E-state index in [0.29, 0.717) is 11.0 Å². The molecule has 0 spiro atoms. The first-order chi connectivity index (χ1) is 9.61. The molecule has 0 aliphatic carbocycles. The van der Waals surface area contributed by atoms with Crippen molar-refractivity contribution >= 4 is 21.6 Å². The Morgan fingerprint density at radius 3 is 2.95 bits per heavy atom. The van der Waals surface area contributed by atoms with Crippen LogP contribution in [0.1, 0.15) is 11.1 Å². The third-order valence-electron chi connectivity index (χ3n) is 3.41. The first-order valence-electron chi connectivity index (χ1n) is 6.57. The van der Waals surface area contributed by atoms with E-state index in [9.17, 15) is 4.39 Å². The first kappa shape index (κ1) is 13.4. The van der Waals surface area contributed by atoms with Crippen LogP contribution in [0.4, 0.5) is 10.1 Å². The van der Waals surface area contributed by atoms with Crippen molar-refractivity contribution < 1.29 is 9.13 Å². The zero-order valence-electron chi connectivity index (χ0n) is 11.1. The molecule has 4 heteroatoms. The molecular weight excluding hydrogens is 321 g/mol. The predicted molar refractivity (Wildman–Crippen MR) is 81.9 cm³/mol. The van der Waals surface area contributed by atoms with Gasteiger partial charge in [-0.2, -0.15) is 0 Å². The summed E-state index contributed by atoms with van der Waals surface area (Å²) in [6, 6.07) is 11.3. The number of benzene rings is 2. The van der Waals surface area contributed by atoms with Crippen molar-refractivity contribution in [2.24, 2.45) is 0 Å². The Balaban J connectivity index is 1.62. The molecule has 2 nitrogen and oxygen atoms in total. The van der Waals surface area contributed by atoms with Gasteiger partial charge in [0.15, 0.2) is 0 Å². The quantitative estimate of drug-likeness (QED) is 0.902. The Labute approximate surface area is 126 Å². The van der Waals surface area contributed by atoms with Gasteiger partial charge in [0.05, 0.1) is 11.0 Å². The van der Waals surface area contributed by atoms with Gasteiger partial charge in [-0.25, -0.2) is 4.39 Å². The third kappa shape index (κ3) is 2.80. The van der Waals surface area contributed by atoms with Crippen molar-refractivity contribution in [3.63, 3.8) is 0 Å². The fourth-order valence-electron chi connectivity index (χ4n) is 2.40. The van der Waals surface area contributed by atoms with E-state index in [1.165, 1.54) is 17.2 Å². The number of anilines is 1. The maximum atomic E-state index is 13.4. The number of hydrogen-bond donors (Lipinski definition) is 1. The molecule has 0 fully saturated rings. The van der Waals surface area contributed by atoms with E-state index < -0.39 is 0 Å². The molecule has 3 rings (SSSR count). The van der Waals surface area contributed by atoms with Crippen LogP contribution in [-0.4, -0.2) is 12.6 Å². The van der Waals surface area contributed by atoms with Crippen molar-refractivity contribution in [1.82, 2.24) is 0 Å². The second-order valence-corrected chi connectivity index (χ2v) is 5.92. The number of nitrogens with one attached hydrogen (secondary N) is 1. The number of hydrogen-bond acceptors (Lipinski definition) is 2. The van der Waals surface area contributed by atoms with E-state index in [-0.39, 0.29) is 11.9 Å². The minimum Gasteiger partial charge on any atom is -0.488 e. The normalized spacial score (nSPS) is 16.6. The Bertz CT molecular complexity index is 644. The minimum absolute atomic E-state index is 0.0958. The van der Waals surface area contributed by atoms with E-state index in [2.05, 4.69) is 40.3 Å². The van der Waals surface area contributed by atoms with Gasteiger partial charge in [0.2, 0.25) is 0 Å². The molecule has 0 bridgehead atoms. The molecule has 1 aliphatic rings. The molecule has 2 aromatic carbocycles. The van der Waals surface area contributed by atoms with Crippen LogP contribution in [0.15, 0.2) is 40.9 Å². The summed E-state index contributed by atoms with van der Waals surface area (Å²) in [4.78, 5) is 0. The van der Waals surface area contributed by atoms with Gasteiger partial charge >= 0.3 is 0 Å². The second kappa shape index (κ2) is 5.44. The van der Waals surface area contributed by atoms with Gasteiger partial charge in [-0.05, 0) is 52.7 Å². The largest absolute Gasteiger partial charge is 0.488 e. The minimum atomic E-state index is -0.263. The number of halogens is 2. The number of ether oxygens (including phenoxy) is 1. The van der Waals surface area contributed by atoms with Crippen LogP contribution in [0.3, 0.4) is 0 Å². The molecule has 0 saturated carbocycles. The fraction of sp³-hybridized carbons (Fsp3) is 0.250. The molecule has 1 atom stereocenters. The van der Waals surface area contributed by atoms with Gasteiger partial charge in [-0.1, -0.05) is 17.7 Å². The maximum Gasteiger partial charge on any atom is 0.139 e. The van der Waals surface area contributed by atoms with Gasteiger partial charge in [-0.3, -0.25) is 0 Å². The van der Waals surface area contributed by atoms with Crippen LogP contribution >= 0.6 is 15.9 Å². The molecule has 104 valence electrons. The molecule has 20 heavy (non-hydrogen) atoms. The maximum absolute atomic E-state index is 13.4. The zero-order valence-corrected chi connectivity index (χ0v) is 12.7. The lowest BCUT2D eigenvalue weighted by atomic mass is 10.1. The molecular formula is C16H15BrFNO. The highest BCUT2D eigenvalue weighted by Gasteiger charge is 2.22. The highest BCUT2D eigenvalue weighted by Crippen LogP contribution is 2.29. The van der Waals surface area contributed by atoms with Crippen LogP contribution in [0, 0.1) is 12.7 Å². The monoisotopic (exact) mass is 335 g/mol. The molecule has 1 aliphatic heterocycles. The second-order valence-electron chi connectivity index (χ2n) is 5.06. The third-order valence-corrected chi connectivity index (χ3v) is 4.05. The van der Waals surface area contributed by atoms with Gasteiger partial charge in [-0.15, -0.1) is 0 Å². The van der Waals surface area contributed by atoms with Crippen LogP contribution in [0.5, 0.6) is 5.75 Å². The first-order valence-corrected chi connectivity index (χ1v) is 7.36. The summed E-state index contributed by atoms with van der Waals surface area (Å²) in [6.07, 6.45) is 0.988. The Morgan fingerprint density at radius 2 is 2.15 bits per heavy atom. The summed E-state index contributed by atoms with van der Waals surface area (Å²) >= 11 is 3.15. The van der Waals surface area contributed by atoms with Crippen LogP contribution < -0.4 is 10.1 Å². The smallest absolute Gasteiger partial charge is 0.139 e. The average Bonchev–Trinajstić information content (AvgIpc) is 2.82. The summed E-state index contributed by atoms with van der Waals surface area (Å²) in [7, 11) is 0. The van der Waals surface area contributed by atoms with E-state index >= 15 is 0 Å². The van der Waals surface area contributed by atoms with E-state index in [1.54, 1.807) is 6.07 Å². The van der Waals surface area contributed by atoms with Crippen molar-refractivity contribution in [2.75, 3.05) is 11.9 Å². The summed E-state index contributed by atoms with van der Waals surface area (Å²) < 4.78 is 19.8. The highest BCUT2D eigenvalue weighted by molar-refractivity contribution is 9.10. The summed E-state index contributed by atoms with van der Waals surface area (Å²) in [5, 5.41) is 3.22. The van der Waals surface area contributed by atoms with Crippen molar-refractivity contribution in [1.29, 1.82) is 0 Å². The van der Waals surface area contributed by atoms with Crippen molar-refractivity contribution in [3.05, 3.63) is 57.8 Å². The molecule has 0 amide bonds. The Morgan fingerprint density at radius 1 is 1.30 bits per heavy atom. The predicted octanol–water partition coefficient (Wildman–Crippen LogP) is 4.31. The lowest BCUT2D eigenvalue weighted by Crippen LogP contribution is -2.23. The zero-order chi connectivity index (χ0) is 14.1. The van der Waals surface area contributed by atoms with Gasteiger partial charge < -0.3 is 10.1 Å².